The highest BCUT2D eigenvalue weighted by molar-refractivity contribution is 7.98. The first-order valence-corrected chi connectivity index (χ1v) is 8.34. The van der Waals surface area contributed by atoms with E-state index in [1.807, 2.05) is 36.7 Å². The van der Waals surface area contributed by atoms with E-state index in [9.17, 15) is 0 Å². The molecule has 0 amide bonds. The highest BCUT2D eigenvalue weighted by atomic mass is 32.2. The van der Waals surface area contributed by atoms with E-state index in [0.717, 1.165) is 34.8 Å². The van der Waals surface area contributed by atoms with Gasteiger partial charge < -0.3 is 10.6 Å². The number of anilines is 1. The SMILES string of the molecule is CSc1cccc(N(C)CCc2ccccn2)c1C(N)=S. The Hall–Kier alpha value is -1.59. The fraction of sp³-hybridized carbons (Fsp3) is 0.250. The van der Waals surface area contributed by atoms with Crippen molar-refractivity contribution >= 4 is 34.7 Å². The Balaban J connectivity index is 2.19. The number of nitrogens with zero attached hydrogens (tertiary/aromatic N) is 2. The van der Waals surface area contributed by atoms with Crippen LogP contribution in [0.5, 0.6) is 0 Å². The van der Waals surface area contributed by atoms with Gasteiger partial charge in [0.05, 0.1) is 0 Å². The van der Waals surface area contributed by atoms with Gasteiger partial charge in [0, 0.05) is 48.1 Å². The van der Waals surface area contributed by atoms with E-state index in [1.54, 1.807) is 11.8 Å². The van der Waals surface area contributed by atoms with Gasteiger partial charge in [0.1, 0.15) is 4.99 Å². The van der Waals surface area contributed by atoms with Crippen molar-refractivity contribution in [2.75, 3.05) is 24.7 Å². The van der Waals surface area contributed by atoms with Gasteiger partial charge in [-0.2, -0.15) is 0 Å². The molecule has 110 valence electrons. The predicted octanol–water partition coefficient (Wildman–Crippen LogP) is 3.12. The Morgan fingerprint density at radius 3 is 2.71 bits per heavy atom. The van der Waals surface area contributed by atoms with Crippen LogP contribution in [-0.4, -0.2) is 29.8 Å². The monoisotopic (exact) mass is 317 g/mol. The van der Waals surface area contributed by atoms with Crippen molar-refractivity contribution < 1.29 is 0 Å². The summed E-state index contributed by atoms with van der Waals surface area (Å²) in [5.41, 5.74) is 9.04. The highest BCUT2D eigenvalue weighted by Gasteiger charge is 2.13. The zero-order chi connectivity index (χ0) is 15.2. The Morgan fingerprint density at radius 1 is 1.29 bits per heavy atom. The average Bonchev–Trinajstić information content (AvgIpc) is 2.52. The third-order valence-corrected chi connectivity index (χ3v) is 4.30. The summed E-state index contributed by atoms with van der Waals surface area (Å²) in [6.45, 7) is 0.866. The van der Waals surface area contributed by atoms with E-state index in [-0.39, 0.29) is 0 Å². The third-order valence-electron chi connectivity index (χ3n) is 3.31. The van der Waals surface area contributed by atoms with Gasteiger partial charge in [-0.3, -0.25) is 4.98 Å². The average molecular weight is 317 g/mol. The second kappa shape index (κ2) is 7.43. The number of thiocarbonyl (C=S) groups is 1. The number of hydrogen-bond acceptors (Lipinski definition) is 4. The molecule has 2 rings (SSSR count). The van der Waals surface area contributed by atoms with Gasteiger partial charge >= 0.3 is 0 Å². The molecule has 3 nitrogen and oxygen atoms in total. The Morgan fingerprint density at radius 2 is 2.10 bits per heavy atom. The maximum atomic E-state index is 5.92. The van der Waals surface area contributed by atoms with Crippen LogP contribution in [0.25, 0.3) is 0 Å². The highest BCUT2D eigenvalue weighted by Crippen LogP contribution is 2.29. The number of likely N-dealkylation sites (N-methyl/N-ethyl adjacent to an activating group) is 1. The molecule has 1 aromatic carbocycles. The largest absolute Gasteiger partial charge is 0.389 e. The van der Waals surface area contributed by atoms with Crippen molar-refractivity contribution in [3.8, 4) is 0 Å². The lowest BCUT2D eigenvalue weighted by atomic mass is 10.1. The van der Waals surface area contributed by atoms with Crippen molar-refractivity contribution in [3.63, 3.8) is 0 Å². The van der Waals surface area contributed by atoms with Crippen molar-refractivity contribution in [3.05, 3.63) is 53.9 Å². The number of thioether (sulfide) groups is 1. The Kier molecular flexibility index (Phi) is 5.59. The smallest absolute Gasteiger partial charge is 0.107 e. The van der Waals surface area contributed by atoms with Gasteiger partial charge in [-0.1, -0.05) is 24.4 Å². The molecule has 0 atom stereocenters. The molecule has 0 saturated heterocycles. The molecule has 0 aliphatic rings. The summed E-state index contributed by atoms with van der Waals surface area (Å²) in [6.07, 6.45) is 4.75. The van der Waals surface area contributed by atoms with Crippen LogP contribution in [0.1, 0.15) is 11.3 Å². The van der Waals surface area contributed by atoms with Crippen LogP contribution in [0.15, 0.2) is 47.5 Å². The Labute approximate surface area is 135 Å². The van der Waals surface area contributed by atoms with Gasteiger partial charge in [0.2, 0.25) is 0 Å². The molecule has 2 aromatic rings. The van der Waals surface area contributed by atoms with Crippen molar-refractivity contribution in [1.29, 1.82) is 0 Å². The maximum absolute atomic E-state index is 5.92. The third kappa shape index (κ3) is 3.95. The van der Waals surface area contributed by atoms with Crippen LogP contribution < -0.4 is 10.6 Å². The predicted molar refractivity (Wildman–Crippen MR) is 95.3 cm³/mol. The van der Waals surface area contributed by atoms with Crippen molar-refractivity contribution in [2.45, 2.75) is 11.3 Å². The number of nitrogens with two attached hydrogens (primary N) is 1. The van der Waals surface area contributed by atoms with Crippen LogP contribution in [0.4, 0.5) is 5.69 Å². The lowest BCUT2D eigenvalue weighted by molar-refractivity contribution is 0.850. The first-order valence-electron chi connectivity index (χ1n) is 6.71. The summed E-state index contributed by atoms with van der Waals surface area (Å²) in [7, 11) is 2.06. The molecular weight excluding hydrogens is 298 g/mol. The van der Waals surface area contributed by atoms with Gasteiger partial charge in [0.15, 0.2) is 0 Å². The zero-order valence-electron chi connectivity index (χ0n) is 12.2. The van der Waals surface area contributed by atoms with Crippen LogP contribution >= 0.6 is 24.0 Å². The first kappa shape index (κ1) is 15.8. The molecule has 0 radical (unpaired) electrons. The molecule has 2 N–H and O–H groups in total. The van der Waals surface area contributed by atoms with E-state index < -0.39 is 0 Å². The summed E-state index contributed by atoms with van der Waals surface area (Å²) < 4.78 is 0. The summed E-state index contributed by atoms with van der Waals surface area (Å²) in [4.78, 5) is 8.10. The molecule has 1 aromatic heterocycles. The minimum Gasteiger partial charge on any atom is -0.389 e. The molecule has 0 bridgehead atoms. The van der Waals surface area contributed by atoms with Crippen LogP contribution in [0.2, 0.25) is 0 Å². The molecular formula is C16H19N3S2. The fourth-order valence-corrected chi connectivity index (χ4v) is 3.12. The fourth-order valence-electron chi connectivity index (χ4n) is 2.20. The maximum Gasteiger partial charge on any atom is 0.107 e. The van der Waals surface area contributed by atoms with E-state index in [0.29, 0.717) is 4.99 Å². The summed E-state index contributed by atoms with van der Waals surface area (Å²) in [5, 5.41) is 0. The van der Waals surface area contributed by atoms with Gasteiger partial charge in [-0.05, 0) is 30.5 Å². The van der Waals surface area contributed by atoms with Crippen LogP contribution in [0, 0.1) is 0 Å². The zero-order valence-corrected chi connectivity index (χ0v) is 13.9. The molecule has 0 unspecified atom stereocenters. The normalized spacial score (nSPS) is 10.4. The first-order chi connectivity index (χ1) is 10.1. The summed E-state index contributed by atoms with van der Waals surface area (Å²) in [6, 6.07) is 12.1. The molecule has 21 heavy (non-hydrogen) atoms. The molecule has 0 aliphatic heterocycles. The quantitative estimate of drug-likeness (QED) is 0.655. The molecule has 0 fully saturated rings. The molecule has 5 heteroatoms. The topological polar surface area (TPSA) is 42.2 Å². The standard InChI is InChI=1S/C16H19N3S2/c1-19(11-9-12-6-3-4-10-18-12)13-7-5-8-14(21-2)15(13)16(17)20/h3-8,10H,9,11H2,1-2H3,(H2,17,20). The second-order valence-corrected chi connectivity index (χ2v) is 6.00. The summed E-state index contributed by atoms with van der Waals surface area (Å²) in [5.74, 6) is 0. The minimum absolute atomic E-state index is 0.444. The molecule has 0 spiro atoms. The lowest BCUT2D eigenvalue weighted by Crippen LogP contribution is -2.24. The number of benzene rings is 1. The Bertz CT molecular complexity index is 614. The van der Waals surface area contributed by atoms with E-state index in [4.69, 9.17) is 18.0 Å². The number of aromatic nitrogens is 1. The second-order valence-electron chi connectivity index (χ2n) is 4.71. The van der Waals surface area contributed by atoms with E-state index >= 15 is 0 Å². The molecule has 0 saturated carbocycles. The molecule has 1 heterocycles. The lowest BCUT2D eigenvalue weighted by Gasteiger charge is -2.23. The number of pyridine rings is 1. The number of hydrogen-bond donors (Lipinski definition) is 1. The van der Waals surface area contributed by atoms with Gasteiger partial charge in [0.25, 0.3) is 0 Å². The van der Waals surface area contributed by atoms with Crippen LogP contribution in [-0.2, 0) is 6.42 Å². The van der Waals surface area contributed by atoms with Gasteiger partial charge in [-0.25, -0.2) is 0 Å². The van der Waals surface area contributed by atoms with Crippen molar-refractivity contribution in [1.82, 2.24) is 4.98 Å². The van der Waals surface area contributed by atoms with Crippen molar-refractivity contribution in [2.24, 2.45) is 5.73 Å². The van der Waals surface area contributed by atoms with E-state index in [1.165, 1.54) is 0 Å². The minimum atomic E-state index is 0.444. The number of rotatable bonds is 6. The molecule has 0 aliphatic carbocycles. The van der Waals surface area contributed by atoms with E-state index in [2.05, 4.69) is 29.1 Å². The van der Waals surface area contributed by atoms with Crippen LogP contribution in [0.3, 0.4) is 0 Å². The van der Waals surface area contributed by atoms with Gasteiger partial charge in [-0.15, -0.1) is 11.8 Å². The summed E-state index contributed by atoms with van der Waals surface area (Å²) >= 11 is 6.89.